The minimum absolute atomic E-state index is 0.997. The van der Waals surface area contributed by atoms with Gasteiger partial charge in [-0.1, -0.05) is 49.4 Å². The van der Waals surface area contributed by atoms with Crippen molar-refractivity contribution in [1.29, 1.82) is 0 Å². The SMILES string of the molecule is CCc1cccc2c3ccccc3c3nccnc3c12. The Kier molecular flexibility index (Phi) is 2.43. The van der Waals surface area contributed by atoms with E-state index in [1.54, 1.807) is 12.4 Å². The average molecular weight is 258 g/mol. The van der Waals surface area contributed by atoms with Crippen LogP contribution in [0.4, 0.5) is 0 Å². The molecule has 2 heteroatoms. The lowest BCUT2D eigenvalue weighted by atomic mass is 9.95. The standard InChI is InChI=1S/C18H14N2/c1-2-12-6-5-9-14-13-7-3-4-8-15(13)17-18(16(12)14)20-11-10-19-17/h3-11H,2H2,1H3. The lowest BCUT2D eigenvalue weighted by Gasteiger charge is -2.11. The third-order valence-corrected chi connectivity index (χ3v) is 3.94. The molecule has 0 saturated carbocycles. The highest BCUT2D eigenvalue weighted by atomic mass is 14.8. The zero-order chi connectivity index (χ0) is 13.5. The lowest BCUT2D eigenvalue weighted by Crippen LogP contribution is -1.91. The van der Waals surface area contributed by atoms with Gasteiger partial charge in [-0.25, -0.2) is 0 Å². The van der Waals surface area contributed by atoms with Crippen molar-refractivity contribution >= 4 is 32.6 Å². The van der Waals surface area contributed by atoms with E-state index in [-0.39, 0.29) is 0 Å². The molecule has 0 fully saturated rings. The molecule has 2 nitrogen and oxygen atoms in total. The summed E-state index contributed by atoms with van der Waals surface area (Å²) in [6.07, 6.45) is 4.56. The molecule has 0 radical (unpaired) electrons. The van der Waals surface area contributed by atoms with Crippen LogP contribution in [0.1, 0.15) is 12.5 Å². The molecule has 20 heavy (non-hydrogen) atoms. The van der Waals surface area contributed by atoms with E-state index in [4.69, 9.17) is 0 Å². The van der Waals surface area contributed by atoms with Crippen molar-refractivity contribution < 1.29 is 0 Å². The monoisotopic (exact) mass is 258 g/mol. The van der Waals surface area contributed by atoms with Gasteiger partial charge in [0.2, 0.25) is 0 Å². The van der Waals surface area contributed by atoms with Gasteiger partial charge in [-0.15, -0.1) is 0 Å². The van der Waals surface area contributed by atoms with E-state index in [0.717, 1.165) is 17.5 Å². The molecule has 0 aliphatic heterocycles. The second-order valence-corrected chi connectivity index (χ2v) is 4.99. The fraction of sp³-hybridized carbons (Fsp3) is 0.111. The summed E-state index contributed by atoms with van der Waals surface area (Å²) in [5, 5.41) is 4.95. The van der Waals surface area contributed by atoms with Crippen LogP contribution in [0.15, 0.2) is 54.9 Å². The number of hydrogen-bond donors (Lipinski definition) is 0. The van der Waals surface area contributed by atoms with Crippen LogP contribution in [0.3, 0.4) is 0 Å². The number of hydrogen-bond acceptors (Lipinski definition) is 2. The van der Waals surface area contributed by atoms with Gasteiger partial charge in [0.1, 0.15) is 0 Å². The number of aryl methyl sites for hydroxylation is 1. The van der Waals surface area contributed by atoms with Gasteiger partial charge in [-0.3, -0.25) is 9.97 Å². The Hall–Kier alpha value is -2.48. The largest absolute Gasteiger partial charge is 0.252 e. The summed E-state index contributed by atoms with van der Waals surface area (Å²) in [6.45, 7) is 2.19. The summed E-state index contributed by atoms with van der Waals surface area (Å²) in [4.78, 5) is 9.18. The molecule has 4 aromatic rings. The van der Waals surface area contributed by atoms with Gasteiger partial charge in [0.05, 0.1) is 11.0 Å². The highest BCUT2D eigenvalue weighted by Crippen LogP contribution is 2.34. The van der Waals surface area contributed by atoms with Gasteiger partial charge in [-0.2, -0.15) is 0 Å². The van der Waals surface area contributed by atoms with E-state index in [9.17, 15) is 0 Å². The summed E-state index contributed by atoms with van der Waals surface area (Å²) >= 11 is 0. The van der Waals surface area contributed by atoms with Crippen molar-refractivity contribution in [2.45, 2.75) is 13.3 Å². The van der Waals surface area contributed by atoms with Crippen LogP contribution in [-0.4, -0.2) is 9.97 Å². The van der Waals surface area contributed by atoms with Crippen LogP contribution in [0.2, 0.25) is 0 Å². The van der Waals surface area contributed by atoms with Crippen molar-refractivity contribution in [2.75, 3.05) is 0 Å². The molecule has 1 aromatic heterocycles. The Labute approximate surface area is 117 Å². The van der Waals surface area contributed by atoms with E-state index in [2.05, 4.69) is 59.4 Å². The van der Waals surface area contributed by atoms with Gasteiger partial charge in [0.25, 0.3) is 0 Å². The third kappa shape index (κ3) is 1.45. The van der Waals surface area contributed by atoms with Gasteiger partial charge in [0, 0.05) is 23.2 Å². The molecule has 0 aliphatic carbocycles. The summed E-state index contributed by atoms with van der Waals surface area (Å²) in [5.41, 5.74) is 3.34. The summed E-state index contributed by atoms with van der Waals surface area (Å²) in [7, 11) is 0. The van der Waals surface area contributed by atoms with Crippen LogP contribution >= 0.6 is 0 Å². The van der Waals surface area contributed by atoms with Gasteiger partial charge >= 0.3 is 0 Å². The molecule has 0 unspecified atom stereocenters. The second-order valence-electron chi connectivity index (χ2n) is 4.99. The quantitative estimate of drug-likeness (QED) is 0.470. The van der Waals surface area contributed by atoms with Crippen molar-refractivity contribution in [1.82, 2.24) is 9.97 Å². The number of rotatable bonds is 1. The van der Waals surface area contributed by atoms with Gasteiger partial charge in [0.15, 0.2) is 0 Å². The number of aromatic nitrogens is 2. The topological polar surface area (TPSA) is 25.8 Å². The zero-order valence-corrected chi connectivity index (χ0v) is 11.3. The van der Waals surface area contributed by atoms with E-state index in [1.807, 2.05) is 0 Å². The molecular weight excluding hydrogens is 244 g/mol. The Bertz CT molecular complexity index is 897. The molecule has 0 bridgehead atoms. The molecule has 0 saturated heterocycles. The summed E-state index contributed by atoms with van der Waals surface area (Å²) in [6, 6.07) is 15.0. The summed E-state index contributed by atoms with van der Waals surface area (Å²) in [5.74, 6) is 0. The number of nitrogens with zero attached hydrogens (tertiary/aromatic N) is 2. The highest BCUT2D eigenvalue weighted by Gasteiger charge is 2.11. The van der Waals surface area contributed by atoms with Gasteiger partial charge < -0.3 is 0 Å². The second kappa shape index (κ2) is 4.27. The normalized spacial score (nSPS) is 11.4. The van der Waals surface area contributed by atoms with Crippen molar-refractivity contribution in [3.05, 3.63) is 60.4 Å². The first kappa shape index (κ1) is 11.4. The Morgan fingerprint density at radius 2 is 1.45 bits per heavy atom. The molecule has 0 amide bonds. The summed E-state index contributed by atoms with van der Waals surface area (Å²) < 4.78 is 0. The molecule has 0 atom stereocenters. The van der Waals surface area contributed by atoms with E-state index >= 15 is 0 Å². The Morgan fingerprint density at radius 3 is 2.25 bits per heavy atom. The first-order valence-corrected chi connectivity index (χ1v) is 6.93. The zero-order valence-electron chi connectivity index (χ0n) is 11.3. The molecule has 0 spiro atoms. The van der Waals surface area contributed by atoms with E-state index in [0.29, 0.717) is 0 Å². The Morgan fingerprint density at radius 1 is 0.750 bits per heavy atom. The van der Waals surface area contributed by atoms with Crippen LogP contribution in [-0.2, 0) is 6.42 Å². The first-order valence-electron chi connectivity index (χ1n) is 6.93. The van der Waals surface area contributed by atoms with Crippen LogP contribution in [0.25, 0.3) is 32.6 Å². The van der Waals surface area contributed by atoms with Gasteiger partial charge in [-0.05, 0) is 22.8 Å². The van der Waals surface area contributed by atoms with Crippen molar-refractivity contribution in [3.63, 3.8) is 0 Å². The number of fused-ring (bicyclic) bond motifs is 6. The average Bonchev–Trinajstić information content (AvgIpc) is 2.54. The maximum atomic E-state index is 4.61. The first-order chi connectivity index (χ1) is 9.90. The van der Waals surface area contributed by atoms with Crippen molar-refractivity contribution in [3.8, 4) is 0 Å². The molecule has 1 heterocycles. The predicted molar refractivity (Wildman–Crippen MR) is 83.9 cm³/mol. The van der Waals surface area contributed by atoms with Crippen molar-refractivity contribution in [2.24, 2.45) is 0 Å². The van der Waals surface area contributed by atoms with E-state index in [1.165, 1.54) is 27.1 Å². The third-order valence-electron chi connectivity index (χ3n) is 3.94. The fourth-order valence-corrected chi connectivity index (χ4v) is 3.04. The fourth-order valence-electron chi connectivity index (χ4n) is 3.04. The van der Waals surface area contributed by atoms with Crippen LogP contribution in [0.5, 0.6) is 0 Å². The molecule has 96 valence electrons. The maximum Gasteiger partial charge on any atom is 0.0974 e. The smallest absolute Gasteiger partial charge is 0.0974 e. The minimum Gasteiger partial charge on any atom is -0.252 e. The molecule has 0 aliphatic rings. The lowest BCUT2D eigenvalue weighted by molar-refractivity contribution is 1.16. The van der Waals surface area contributed by atoms with E-state index < -0.39 is 0 Å². The molecule has 0 N–H and O–H groups in total. The molecular formula is C18H14N2. The van der Waals surface area contributed by atoms with Crippen LogP contribution < -0.4 is 0 Å². The molecule has 3 aromatic carbocycles. The molecule has 4 rings (SSSR count). The highest BCUT2D eigenvalue weighted by molar-refractivity contribution is 6.23. The number of benzene rings is 3. The Balaban J connectivity index is 2.42. The van der Waals surface area contributed by atoms with Crippen LogP contribution in [0, 0.1) is 0 Å². The maximum absolute atomic E-state index is 4.61. The predicted octanol–water partition coefficient (Wildman–Crippen LogP) is 4.50. The minimum atomic E-state index is 0.997.